The zero-order valence-electron chi connectivity index (χ0n) is 28.6. The Morgan fingerprint density at radius 1 is 0.340 bits per heavy atom. The molecule has 4 heteroatoms. The molecule has 2 aromatic heterocycles. The monoisotopic (exact) mass is 674 g/mol. The predicted molar refractivity (Wildman–Crippen MR) is 220 cm³/mol. The molecule has 0 unspecified atom stereocenters. The van der Waals surface area contributed by atoms with Gasteiger partial charge in [-0.2, -0.15) is 0 Å². The van der Waals surface area contributed by atoms with E-state index in [1.807, 2.05) is 18.2 Å². The number of fused-ring (bicyclic) bond motifs is 11. The van der Waals surface area contributed by atoms with E-state index in [2.05, 4.69) is 168 Å². The molecule has 246 valence electrons. The molecule has 4 nitrogen and oxygen atoms in total. The topological polar surface area (TPSA) is 43.6 Å². The van der Waals surface area contributed by atoms with Crippen LogP contribution in [0.2, 0.25) is 0 Å². The minimum Gasteiger partial charge on any atom is -0.309 e. The summed E-state index contributed by atoms with van der Waals surface area (Å²) in [4.78, 5) is 15.6. The Hall–Kier alpha value is -7.17. The van der Waals surface area contributed by atoms with E-state index >= 15 is 0 Å². The number of aromatic nitrogens is 4. The summed E-state index contributed by atoms with van der Waals surface area (Å²) >= 11 is 0. The fraction of sp³-hybridized carbons (Fsp3) is 0. The van der Waals surface area contributed by atoms with Crippen LogP contribution in [0.15, 0.2) is 182 Å². The van der Waals surface area contributed by atoms with Crippen molar-refractivity contribution in [1.82, 2.24) is 19.5 Å². The molecule has 0 aliphatic carbocycles. The molecular formula is C49H30N4. The van der Waals surface area contributed by atoms with Crippen LogP contribution in [0.4, 0.5) is 0 Å². The highest BCUT2D eigenvalue weighted by molar-refractivity contribution is 6.37. The number of hydrogen-bond acceptors (Lipinski definition) is 3. The predicted octanol–water partition coefficient (Wildman–Crippen LogP) is 12.6. The van der Waals surface area contributed by atoms with Gasteiger partial charge in [-0.3, -0.25) is 0 Å². The fourth-order valence-corrected chi connectivity index (χ4v) is 8.23. The average molecular weight is 675 g/mol. The van der Waals surface area contributed by atoms with Gasteiger partial charge in [0, 0.05) is 43.9 Å². The summed E-state index contributed by atoms with van der Waals surface area (Å²) < 4.78 is 2.43. The van der Waals surface area contributed by atoms with Gasteiger partial charge in [0.2, 0.25) is 0 Å². The number of rotatable bonds is 4. The third kappa shape index (κ3) is 4.59. The van der Waals surface area contributed by atoms with Gasteiger partial charge in [0.1, 0.15) is 0 Å². The molecule has 0 saturated heterocycles. The second-order valence-corrected chi connectivity index (χ2v) is 13.6. The molecule has 9 aromatic carbocycles. The van der Waals surface area contributed by atoms with E-state index in [1.165, 1.54) is 54.1 Å². The standard InChI is InChI=1S/C49H30N4/c1-3-16-32(17-4-1)47-50-48(34-28-27-31-15-7-8-18-33(31)29-34)52-49(51-47)42-30-41-37-22-10-12-24-39(37)46-45(44(41)38-23-11-9-21-36(38)42)40-25-13-14-26-43(40)53(46)35-19-5-2-6-20-35/h1-30H. The van der Waals surface area contributed by atoms with Crippen LogP contribution in [0.25, 0.3) is 105 Å². The molecule has 0 atom stereocenters. The van der Waals surface area contributed by atoms with E-state index in [9.17, 15) is 0 Å². The van der Waals surface area contributed by atoms with Crippen LogP contribution in [0, 0.1) is 0 Å². The maximum absolute atomic E-state index is 5.27. The summed E-state index contributed by atoms with van der Waals surface area (Å²) in [5.41, 5.74) is 6.42. The van der Waals surface area contributed by atoms with Gasteiger partial charge in [-0.25, -0.2) is 15.0 Å². The number of para-hydroxylation sites is 2. The summed E-state index contributed by atoms with van der Waals surface area (Å²) in [5, 5.41) is 11.9. The lowest BCUT2D eigenvalue weighted by Gasteiger charge is -2.16. The SMILES string of the molecule is c1ccc(-c2nc(-c3ccc4ccccc4c3)nc(-c3cc4c5ccccc5c5c(c6ccccc6n5-c5ccccc5)c4c4ccccc34)n2)cc1. The van der Waals surface area contributed by atoms with Crippen LogP contribution in [0.1, 0.15) is 0 Å². The van der Waals surface area contributed by atoms with Crippen LogP contribution in [-0.4, -0.2) is 19.5 Å². The smallest absolute Gasteiger partial charge is 0.164 e. The van der Waals surface area contributed by atoms with E-state index in [0.717, 1.165) is 33.2 Å². The summed E-state index contributed by atoms with van der Waals surface area (Å²) in [6.45, 7) is 0. The molecule has 2 heterocycles. The molecule has 0 amide bonds. The molecule has 0 N–H and O–H groups in total. The highest BCUT2D eigenvalue weighted by atomic mass is 15.0. The number of benzene rings is 9. The van der Waals surface area contributed by atoms with Crippen molar-refractivity contribution in [3.05, 3.63) is 182 Å². The van der Waals surface area contributed by atoms with Crippen molar-refractivity contribution < 1.29 is 0 Å². The van der Waals surface area contributed by atoms with Gasteiger partial charge in [0.25, 0.3) is 0 Å². The van der Waals surface area contributed by atoms with E-state index in [4.69, 9.17) is 15.0 Å². The summed E-state index contributed by atoms with van der Waals surface area (Å²) in [6.07, 6.45) is 0. The lowest BCUT2D eigenvalue weighted by atomic mass is 9.90. The molecule has 0 radical (unpaired) electrons. The highest BCUT2D eigenvalue weighted by Crippen LogP contribution is 2.46. The lowest BCUT2D eigenvalue weighted by molar-refractivity contribution is 1.08. The summed E-state index contributed by atoms with van der Waals surface area (Å²) in [7, 11) is 0. The molecule has 0 spiro atoms. The van der Waals surface area contributed by atoms with E-state index < -0.39 is 0 Å². The van der Waals surface area contributed by atoms with E-state index in [-0.39, 0.29) is 0 Å². The molecular weight excluding hydrogens is 645 g/mol. The molecule has 0 saturated carbocycles. The van der Waals surface area contributed by atoms with Crippen LogP contribution in [0.3, 0.4) is 0 Å². The molecule has 11 aromatic rings. The van der Waals surface area contributed by atoms with Gasteiger partial charge in [-0.1, -0.05) is 152 Å². The quantitative estimate of drug-likeness (QED) is 0.175. The molecule has 0 aliphatic rings. The van der Waals surface area contributed by atoms with Crippen molar-refractivity contribution in [2.24, 2.45) is 0 Å². The Morgan fingerprint density at radius 3 is 1.72 bits per heavy atom. The number of hydrogen-bond donors (Lipinski definition) is 0. The summed E-state index contributed by atoms with van der Waals surface area (Å²) in [6, 6.07) is 64.4. The largest absolute Gasteiger partial charge is 0.309 e. The Morgan fingerprint density at radius 2 is 0.925 bits per heavy atom. The van der Waals surface area contributed by atoms with Crippen molar-refractivity contribution in [2.45, 2.75) is 0 Å². The molecule has 0 aliphatic heterocycles. The van der Waals surface area contributed by atoms with Crippen LogP contribution >= 0.6 is 0 Å². The average Bonchev–Trinajstić information content (AvgIpc) is 3.59. The Bertz CT molecular complexity index is 3220. The zero-order chi connectivity index (χ0) is 34.9. The van der Waals surface area contributed by atoms with Crippen LogP contribution in [0.5, 0.6) is 0 Å². The zero-order valence-corrected chi connectivity index (χ0v) is 28.6. The normalized spacial score (nSPS) is 11.8. The lowest BCUT2D eigenvalue weighted by Crippen LogP contribution is -2.01. The first-order valence-electron chi connectivity index (χ1n) is 18.0. The minimum absolute atomic E-state index is 0.647. The van der Waals surface area contributed by atoms with Gasteiger partial charge in [-0.05, 0) is 62.6 Å². The Labute approximate surface area is 305 Å². The fourth-order valence-electron chi connectivity index (χ4n) is 8.23. The third-order valence-electron chi connectivity index (χ3n) is 10.6. The Kier molecular flexibility index (Phi) is 6.52. The maximum atomic E-state index is 5.27. The van der Waals surface area contributed by atoms with E-state index in [1.54, 1.807) is 0 Å². The van der Waals surface area contributed by atoms with Gasteiger partial charge in [-0.15, -0.1) is 0 Å². The van der Waals surface area contributed by atoms with Crippen LogP contribution in [-0.2, 0) is 0 Å². The van der Waals surface area contributed by atoms with Crippen molar-refractivity contribution in [1.29, 1.82) is 0 Å². The van der Waals surface area contributed by atoms with Crippen molar-refractivity contribution >= 4 is 64.9 Å². The minimum atomic E-state index is 0.647. The maximum Gasteiger partial charge on any atom is 0.164 e. The Balaban J connectivity index is 1.28. The van der Waals surface area contributed by atoms with Gasteiger partial charge in [0.05, 0.1) is 11.0 Å². The first-order chi connectivity index (χ1) is 26.3. The summed E-state index contributed by atoms with van der Waals surface area (Å²) in [5.74, 6) is 1.94. The van der Waals surface area contributed by atoms with Crippen molar-refractivity contribution in [3.63, 3.8) is 0 Å². The van der Waals surface area contributed by atoms with E-state index in [0.29, 0.717) is 17.5 Å². The molecule has 53 heavy (non-hydrogen) atoms. The third-order valence-corrected chi connectivity index (χ3v) is 10.6. The highest BCUT2D eigenvalue weighted by Gasteiger charge is 2.23. The second kappa shape index (κ2) is 11.7. The molecule has 0 bridgehead atoms. The van der Waals surface area contributed by atoms with Gasteiger partial charge < -0.3 is 4.57 Å². The van der Waals surface area contributed by atoms with Gasteiger partial charge >= 0.3 is 0 Å². The first-order valence-corrected chi connectivity index (χ1v) is 18.0. The van der Waals surface area contributed by atoms with Crippen LogP contribution < -0.4 is 0 Å². The first kappa shape index (κ1) is 29.5. The van der Waals surface area contributed by atoms with Crippen molar-refractivity contribution in [3.8, 4) is 39.9 Å². The number of nitrogens with zero attached hydrogens (tertiary/aromatic N) is 4. The second-order valence-electron chi connectivity index (χ2n) is 13.6. The molecule has 11 rings (SSSR count). The van der Waals surface area contributed by atoms with Gasteiger partial charge in [0.15, 0.2) is 17.5 Å². The molecule has 0 fully saturated rings. The van der Waals surface area contributed by atoms with Crippen molar-refractivity contribution in [2.75, 3.05) is 0 Å².